The Labute approximate surface area is 85.2 Å². The van der Waals surface area contributed by atoms with E-state index in [4.69, 9.17) is 0 Å². The van der Waals surface area contributed by atoms with E-state index in [-0.39, 0.29) is 5.91 Å². The number of hydrogen-bond donors (Lipinski definition) is 1. The molecule has 1 aromatic carbocycles. The fourth-order valence-electron chi connectivity index (χ4n) is 0.961. The van der Waals surface area contributed by atoms with Crippen LogP contribution in [0.5, 0.6) is 0 Å². The van der Waals surface area contributed by atoms with Crippen molar-refractivity contribution in [1.82, 2.24) is 5.48 Å². The molecule has 70 valence electrons. The van der Waals surface area contributed by atoms with Crippen LogP contribution >= 0.6 is 15.9 Å². The molecule has 0 spiro atoms. The van der Waals surface area contributed by atoms with Crippen molar-refractivity contribution in [2.75, 3.05) is 7.11 Å². The van der Waals surface area contributed by atoms with Crippen LogP contribution in [-0.2, 0) is 4.84 Å². The van der Waals surface area contributed by atoms with Gasteiger partial charge in [0.25, 0.3) is 5.91 Å². The molecule has 0 heterocycles. The molecule has 3 nitrogen and oxygen atoms in total. The van der Waals surface area contributed by atoms with E-state index in [0.717, 1.165) is 10.0 Å². The van der Waals surface area contributed by atoms with E-state index in [1.54, 1.807) is 6.07 Å². The highest BCUT2D eigenvalue weighted by molar-refractivity contribution is 9.10. The van der Waals surface area contributed by atoms with Crippen molar-refractivity contribution in [3.8, 4) is 0 Å². The number of carbonyl (C=O) groups is 1. The van der Waals surface area contributed by atoms with Gasteiger partial charge < -0.3 is 0 Å². The fraction of sp³-hybridized carbons (Fsp3) is 0.222. The van der Waals surface area contributed by atoms with E-state index in [1.807, 2.05) is 19.1 Å². The molecule has 1 amide bonds. The van der Waals surface area contributed by atoms with Gasteiger partial charge in [-0.15, -0.1) is 0 Å². The average molecular weight is 244 g/mol. The van der Waals surface area contributed by atoms with Crippen LogP contribution < -0.4 is 5.48 Å². The maximum Gasteiger partial charge on any atom is 0.275 e. The van der Waals surface area contributed by atoms with Gasteiger partial charge >= 0.3 is 0 Å². The molecule has 0 saturated heterocycles. The SMILES string of the molecule is CONC(=O)c1cc(C)ccc1Br. The fourth-order valence-corrected chi connectivity index (χ4v) is 1.39. The largest absolute Gasteiger partial charge is 0.277 e. The number of hydrogen-bond acceptors (Lipinski definition) is 2. The van der Waals surface area contributed by atoms with Crippen molar-refractivity contribution in [2.45, 2.75) is 6.92 Å². The summed E-state index contributed by atoms with van der Waals surface area (Å²) in [6.45, 7) is 1.93. The van der Waals surface area contributed by atoms with Crippen LogP contribution in [0.3, 0.4) is 0 Å². The van der Waals surface area contributed by atoms with E-state index in [9.17, 15) is 4.79 Å². The van der Waals surface area contributed by atoms with Gasteiger partial charge in [-0.05, 0) is 35.0 Å². The van der Waals surface area contributed by atoms with Crippen molar-refractivity contribution in [3.63, 3.8) is 0 Å². The Hall–Kier alpha value is -0.870. The third kappa shape index (κ3) is 2.54. The predicted molar refractivity (Wildman–Crippen MR) is 53.4 cm³/mol. The molecule has 0 aliphatic heterocycles. The molecule has 0 unspecified atom stereocenters. The lowest BCUT2D eigenvalue weighted by Crippen LogP contribution is -2.22. The zero-order chi connectivity index (χ0) is 9.84. The minimum Gasteiger partial charge on any atom is -0.277 e. The van der Waals surface area contributed by atoms with E-state index in [1.165, 1.54) is 7.11 Å². The second kappa shape index (κ2) is 4.39. The molecule has 0 bridgehead atoms. The normalized spacial score (nSPS) is 9.77. The minimum absolute atomic E-state index is 0.252. The topological polar surface area (TPSA) is 38.3 Å². The zero-order valence-corrected chi connectivity index (χ0v) is 9.01. The number of amides is 1. The Balaban J connectivity index is 2.99. The minimum atomic E-state index is -0.252. The number of aryl methyl sites for hydroxylation is 1. The third-order valence-corrected chi connectivity index (χ3v) is 2.25. The van der Waals surface area contributed by atoms with Crippen LogP contribution in [-0.4, -0.2) is 13.0 Å². The Morgan fingerprint density at radius 2 is 2.23 bits per heavy atom. The zero-order valence-electron chi connectivity index (χ0n) is 7.43. The van der Waals surface area contributed by atoms with E-state index < -0.39 is 0 Å². The molecule has 13 heavy (non-hydrogen) atoms. The molecule has 0 aromatic heterocycles. The van der Waals surface area contributed by atoms with Crippen LogP contribution in [0.2, 0.25) is 0 Å². The van der Waals surface area contributed by atoms with Gasteiger partial charge in [-0.2, -0.15) is 0 Å². The molecule has 1 rings (SSSR count). The lowest BCUT2D eigenvalue weighted by molar-refractivity contribution is 0.0537. The van der Waals surface area contributed by atoms with Gasteiger partial charge in [0.2, 0.25) is 0 Å². The third-order valence-electron chi connectivity index (χ3n) is 1.56. The van der Waals surface area contributed by atoms with Gasteiger partial charge in [0.05, 0.1) is 12.7 Å². The Kier molecular flexibility index (Phi) is 3.45. The first-order valence-corrected chi connectivity index (χ1v) is 4.54. The highest BCUT2D eigenvalue weighted by atomic mass is 79.9. The summed E-state index contributed by atoms with van der Waals surface area (Å²) in [6, 6.07) is 5.55. The smallest absolute Gasteiger partial charge is 0.275 e. The molecule has 0 aliphatic carbocycles. The quantitative estimate of drug-likeness (QED) is 0.808. The lowest BCUT2D eigenvalue weighted by Gasteiger charge is -2.04. The molecule has 0 fully saturated rings. The van der Waals surface area contributed by atoms with Gasteiger partial charge in [-0.25, -0.2) is 5.48 Å². The average Bonchev–Trinajstić information content (AvgIpc) is 2.09. The summed E-state index contributed by atoms with van der Waals surface area (Å²) >= 11 is 3.28. The Morgan fingerprint density at radius 1 is 1.54 bits per heavy atom. The number of benzene rings is 1. The first-order chi connectivity index (χ1) is 6.15. The monoisotopic (exact) mass is 243 g/mol. The molecule has 1 N–H and O–H groups in total. The first-order valence-electron chi connectivity index (χ1n) is 3.74. The summed E-state index contributed by atoms with van der Waals surface area (Å²) < 4.78 is 0.757. The lowest BCUT2D eigenvalue weighted by atomic mass is 10.1. The summed E-state index contributed by atoms with van der Waals surface area (Å²) in [5, 5.41) is 0. The summed E-state index contributed by atoms with van der Waals surface area (Å²) in [5.41, 5.74) is 3.86. The van der Waals surface area contributed by atoms with Crippen molar-refractivity contribution in [3.05, 3.63) is 33.8 Å². The number of halogens is 1. The van der Waals surface area contributed by atoms with Crippen LogP contribution in [0.4, 0.5) is 0 Å². The summed E-state index contributed by atoms with van der Waals surface area (Å²) in [7, 11) is 1.40. The van der Waals surface area contributed by atoms with Gasteiger partial charge in [0, 0.05) is 4.47 Å². The molecular formula is C9H10BrNO2. The van der Waals surface area contributed by atoms with E-state index >= 15 is 0 Å². The standard InChI is InChI=1S/C9H10BrNO2/c1-6-3-4-8(10)7(5-6)9(12)11-13-2/h3-5H,1-2H3,(H,11,12). The van der Waals surface area contributed by atoms with Crippen molar-refractivity contribution < 1.29 is 9.63 Å². The van der Waals surface area contributed by atoms with Gasteiger partial charge in [-0.3, -0.25) is 9.63 Å². The maximum absolute atomic E-state index is 11.4. The number of nitrogens with one attached hydrogen (secondary N) is 1. The summed E-state index contributed by atoms with van der Waals surface area (Å²) in [4.78, 5) is 15.9. The van der Waals surface area contributed by atoms with Crippen LogP contribution in [0.15, 0.2) is 22.7 Å². The van der Waals surface area contributed by atoms with Crippen molar-refractivity contribution >= 4 is 21.8 Å². The highest BCUT2D eigenvalue weighted by Gasteiger charge is 2.08. The molecule has 1 aromatic rings. The summed E-state index contributed by atoms with van der Waals surface area (Å²) in [5.74, 6) is -0.252. The van der Waals surface area contributed by atoms with E-state index in [2.05, 4.69) is 26.2 Å². The molecular weight excluding hydrogens is 234 g/mol. The Bertz CT molecular complexity index is 325. The first kappa shape index (κ1) is 10.2. The van der Waals surface area contributed by atoms with Gasteiger partial charge in [0.1, 0.15) is 0 Å². The number of carbonyl (C=O) groups excluding carboxylic acids is 1. The second-order valence-electron chi connectivity index (χ2n) is 2.62. The molecule has 0 aliphatic rings. The molecule has 0 atom stereocenters. The molecule has 0 saturated carbocycles. The van der Waals surface area contributed by atoms with Crippen molar-refractivity contribution in [2.24, 2.45) is 0 Å². The number of hydroxylamine groups is 1. The number of rotatable bonds is 2. The molecule has 4 heteroatoms. The second-order valence-corrected chi connectivity index (χ2v) is 3.47. The van der Waals surface area contributed by atoms with E-state index in [0.29, 0.717) is 5.56 Å². The van der Waals surface area contributed by atoms with Gasteiger partial charge in [-0.1, -0.05) is 11.6 Å². The maximum atomic E-state index is 11.4. The van der Waals surface area contributed by atoms with Crippen LogP contribution in [0.25, 0.3) is 0 Å². The van der Waals surface area contributed by atoms with Crippen LogP contribution in [0, 0.1) is 6.92 Å². The predicted octanol–water partition coefficient (Wildman–Crippen LogP) is 2.05. The molecule has 0 radical (unpaired) electrons. The van der Waals surface area contributed by atoms with Crippen molar-refractivity contribution in [1.29, 1.82) is 0 Å². The van der Waals surface area contributed by atoms with Crippen LogP contribution in [0.1, 0.15) is 15.9 Å². The summed E-state index contributed by atoms with van der Waals surface area (Å²) in [6.07, 6.45) is 0. The highest BCUT2D eigenvalue weighted by Crippen LogP contribution is 2.17. The Morgan fingerprint density at radius 3 is 2.85 bits per heavy atom. The van der Waals surface area contributed by atoms with Gasteiger partial charge in [0.15, 0.2) is 0 Å².